The summed E-state index contributed by atoms with van der Waals surface area (Å²) in [6.07, 6.45) is 6.46. The summed E-state index contributed by atoms with van der Waals surface area (Å²) in [6.45, 7) is 1.38. The van der Waals surface area contributed by atoms with Gasteiger partial charge in [-0.05, 0) is 24.3 Å². The summed E-state index contributed by atoms with van der Waals surface area (Å²) in [5.41, 5.74) is 1.69. The molecule has 5 nitrogen and oxygen atoms in total. The molecular formula is C18H21N3O2S2. The second kappa shape index (κ2) is 7.25. The Balaban J connectivity index is 1.42. The Morgan fingerprint density at radius 2 is 2.08 bits per heavy atom. The van der Waals surface area contributed by atoms with Crippen molar-refractivity contribution < 1.29 is 9.59 Å². The molecule has 0 atom stereocenters. The average molecular weight is 376 g/mol. The number of amides is 2. The van der Waals surface area contributed by atoms with E-state index in [1.165, 1.54) is 41.9 Å². The Hall–Kier alpha value is -1.73. The van der Waals surface area contributed by atoms with E-state index >= 15 is 0 Å². The van der Waals surface area contributed by atoms with Crippen LogP contribution in [0.2, 0.25) is 0 Å². The quantitative estimate of drug-likeness (QED) is 0.884. The summed E-state index contributed by atoms with van der Waals surface area (Å²) in [5, 5.41) is 7.23. The number of carbonyl (C=O) groups excluding carboxylic acids is 2. The van der Waals surface area contributed by atoms with Crippen molar-refractivity contribution in [1.82, 2.24) is 9.88 Å². The number of nitrogens with one attached hydrogen (secondary N) is 1. The molecule has 2 aliphatic rings. The number of carbonyl (C=O) groups is 2. The highest BCUT2D eigenvalue weighted by atomic mass is 32.1. The Kier molecular flexibility index (Phi) is 4.85. The van der Waals surface area contributed by atoms with E-state index in [-0.39, 0.29) is 11.8 Å². The van der Waals surface area contributed by atoms with E-state index in [0.717, 1.165) is 36.4 Å². The highest BCUT2D eigenvalue weighted by Gasteiger charge is 2.30. The second-order valence-corrected chi connectivity index (χ2v) is 8.56. The van der Waals surface area contributed by atoms with Crippen molar-refractivity contribution in [2.24, 2.45) is 5.92 Å². The number of thiophene rings is 1. The van der Waals surface area contributed by atoms with Crippen LogP contribution in [0.4, 0.5) is 5.13 Å². The van der Waals surface area contributed by atoms with Crippen molar-refractivity contribution in [2.45, 2.75) is 45.1 Å². The molecular weight excluding hydrogens is 354 g/mol. The maximum atomic E-state index is 12.7. The van der Waals surface area contributed by atoms with Crippen LogP contribution in [0.5, 0.6) is 0 Å². The topological polar surface area (TPSA) is 62.3 Å². The minimum absolute atomic E-state index is 0.123. The molecule has 1 N–H and O–H groups in total. The summed E-state index contributed by atoms with van der Waals surface area (Å²) in [5.74, 6) is 0.395. The maximum Gasteiger partial charge on any atom is 0.258 e. The number of thiazole rings is 1. The minimum atomic E-state index is -0.123. The molecule has 0 saturated heterocycles. The Morgan fingerprint density at radius 1 is 1.24 bits per heavy atom. The predicted octanol–water partition coefficient (Wildman–Crippen LogP) is 3.92. The summed E-state index contributed by atoms with van der Waals surface area (Å²) < 4.78 is 0. The van der Waals surface area contributed by atoms with Crippen LogP contribution < -0.4 is 5.32 Å². The van der Waals surface area contributed by atoms with Gasteiger partial charge in [-0.1, -0.05) is 30.6 Å². The molecule has 1 aliphatic heterocycles. The summed E-state index contributed by atoms with van der Waals surface area (Å²) in [4.78, 5) is 32.6. The van der Waals surface area contributed by atoms with E-state index in [1.54, 1.807) is 6.07 Å². The number of hydrogen-bond acceptors (Lipinski definition) is 5. The van der Waals surface area contributed by atoms with Crippen LogP contribution in [0.15, 0.2) is 16.8 Å². The summed E-state index contributed by atoms with van der Waals surface area (Å²) in [6, 6.07) is 1.80. The lowest BCUT2D eigenvalue weighted by Gasteiger charge is -2.31. The Morgan fingerprint density at radius 3 is 2.84 bits per heavy atom. The van der Waals surface area contributed by atoms with E-state index in [1.807, 2.05) is 15.7 Å². The Bertz CT molecular complexity index is 763. The summed E-state index contributed by atoms with van der Waals surface area (Å²) >= 11 is 3.00. The van der Waals surface area contributed by atoms with Gasteiger partial charge in [-0.2, -0.15) is 11.3 Å². The highest BCUT2D eigenvalue weighted by molar-refractivity contribution is 7.16. The van der Waals surface area contributed by atoms with Crippen molar-refractivity contribution in [3.63, 3.8) is 0 Å². The van der Waals surface area contributed by atoms with Gasteiger partial charge in [0.1, 0.15) is 0 Å². The zero-order chi connectivity index (χ0) is 17.2. The van der Waals surface area contributed by atoms with Crippen LogP contribution in [-0.4, -0.2) is 28.2 Å². The first-order chi connectivity index (χ1) is 12.2. The van der Waals surface area contributed by atoms with Gasteiger partial charge in [0.05, 0.1) is 17.8 Å². The monoisotopic (exact) mass is 375 g/mol. The van der Waals surface area contributed by atoms with Crippen LogP contribution in [0.1, 0.15) is 53.0 Å². The van der Waals surface area contributed by atoms with Gasteiger partial charge in [0.2, 0.25) is 5.91 Å². The molecule has 3 heterocycles. The number of hydrogen-bond donors (Lipinski definition) is 1. The van der Waals surface area contributed by atoms with Gasteiger partial charge < -0.3 is 4.90 Å². The lowest BCUT2D eigenvalue weighted by atomic mass is 9.88. The molecule has 1 saturated carbocycles. The van der Waals surface area contributed by atoms with E-state index in [2.05, 4.69) is 10.3 Å². The second-order valence-electron chi connectivity index (χ2n) is 6.70. The lowest BCUT2D eigenvalue weighted by Crippen LogP contribution is -2.40. The number of fused-ring (bicyclic) bond motifs is 1. The molecule has 2 aromatic heterocycles. The number of anilines is 1. The van der Waals surface area contributed by atoms with Crippen molar-refractivity contribution in [3.05, 3.63) is 33.0 Å². The average Bonchev–Trinajstić information content (AvgIpc) is 3.30. The molecule has 0 aromatic carbocycles. The molecule has 25 heavy (non-hydrogen) atoms. The third-order valence-corrected chi connectivity index (χ3v) is 6.68. The molecule has 0 radical (unpaired) electrons. The zero-order valence-corrected chi connectivity index (χ0v) is 15.6. The fraction of sp³-hybridized carbons (Fsp3) is 0.500. The minimum Gasteiger partial charge on any atom is -0.337 e. The summed E-state index contributed by atoms with van der Waals surface area (Å²) in [7, 11) is 0. The molecule has 1 fully saturated rings. The first-order valence-corrected chi connectivity index (χ1v) is 10.6. The smallest absolute Gasteiger partial charge is 0.258 e. The van der Waals surface area contributed by atoms with E-state index in [4.69, 9.17) is 0 Å². The van der Waals surface area contributed by atoms with Crippen LogP contribution in [0, 0.1) is 5.92 Å². The van der Waals surface area contributed by atoms with Crippen molar-refractivity contribution in [2.75, 3.05) is 11.9 Å². The normalized spacial score (nSPS) is 18.0. The third-order valence-electron chi connectivity index (χ3n) is 5.00. The van der Waals surface area contributed by atoms with Crippen LogP contribution in [0.3, 0.4) is 0 Å². The number of nitrogens with zero attached hydrogens (tertiary/aromatic N) is 2. The standard InChI is InChI=1S/C18H21N3O2S2/c22-16(13-7-9-24-11-13)20-18-19-14-6-8-21(10-15(14)25-18)17(23)12-4-2-1-3-5-12/h7,9,11-12H,1-6,8,10H2,(H,19,20,22). The molecule has 2 amide bonds. The first kappa shape index (κ1) is 16.7. The van der Waals surface area contributed by atoms with E-state index < -0.39 is 0 Å². The van der Waals surface area contributed by atoms with Gasteiger partial charge in [0, 0.05) is 29.1 Å². The maximum absolute atomic E-state index is 12.7. The predicted molar refractivity (Wildman–Crippen MR) is 100 cm³/mol. The SMILES string of the molecule is O=C(Nc1nc2c(s1)CN(C(=O)C1CCCCC1)CC2)c1ccsc1. The van der Waals surface area contributed by atoms with Gasteiger partial charge in [-0.15, -0.1) is 0 Å². The van der Waals surface area contributed by atoms with Crippen LogP contribution in [0.25, 0.3) is 0 Å². The van der Waals surface area contributed by atoms with Gasteiger partial charge in [-0.3, -0.25) is 14.9 Å². The van der Waals surface area contributed by atoms with Crippen LogP contribution >= 0.6 is 22.7 Å². The van der Waals surface area contributed by atoms with Crippen molar-refractivity contribution in [3.8, 4) is 0 Å². The fourth-order valence-corrected chi connectivity index (χ4v) is 5.26. The Labute approximate surface area is 155 Å². The van der Waals surface area contributed by atoms with Gasteiger partial charge in [0.15, 0.2) is 5.13 Å². The van der Waals surface area contributed by atoms with E-state index in [0.29, 0.717) is 23.1 Å². The van der Waals surface area contributed by atoms with Crippen molar-refractivity contribution in [1.29, 1.82) is 0 Å². The molecule has 1 aliphatic carbocycles. The van der Waals surface area contributed by atoms with Gasteiger partial charge >= 0.3 is 0 Å². The third kappa shape index (κ3) is 3.62. The van der Waals surface area contributed by atoms with Crippen molar-refractivity contribution >= 4 is 39.6 Å². The number of rotatable bonds is 3. The molecule has 4 rings (SSSR count). The molecule has 0 spiro atoms. The molecule has 7 heteroatoms. The first-order valence-electron chi connectivity index (χ1n) is 8.81. The fourth-order valence-electron chi connectivity index (χ4n) is 3.61. The number of aromatic nitrogens is 1. The lowest BCUT2D eigenvalue weighted by molar-refractivity contribution is -0.137. The molecule has 2 aromatic rings. The molecule has 132 valence electrons. The van der Waals surface area contributed by atoms with Crippen LogP contribution in [-0.2, 0) is 17.8 Å². The van der Waals surface area contributed by atoms with Gasteiger partial charge in [0.25, 0.3) is 5.91 Å². The van der Waals surface area contributed by atoms with Gasteiger partial charge in [-0.25, -0.2) is 4.98 Å². The largest absolute Gasteiger partial charge is 0.337 e. The highest BCUT2D eigenvalue weighted by Crippen LogP contribution is 2.31. The zero-order valence-electron chi connectivity index (χ0n) is 14.0. The molecule has 0 unspecified atom stereocenters. The molecule has 0 bridgehead atoms. The van der Waals surface area contributed by atoms with E-state index in [9.17, 15) is 9.59 Å².